The number of benzene rings is 2. The number of carbonyl (C=O) groups is 2. The van der Waals surface area contributed by atoms with Crippen molar-refractivity contribution in [3.63, 3.8) is 0 Å². The van der Waals surface area contributed by atoms with Crippen LogP contribution in [0.5, 0.6) is 11.5 Å². The van der Waals surface area contributed by atoms with Crippen LogP contribution in [0, 0.1) is 0 Å². The van der Waals surface area contributed by atoms with Gasteiger partial charge in [0.2, 0.25) is 5.82 Å². The Kier molecular flexibility index (Phi) is 9.32. The smallest absolute Gasteiger partial charge is 0.251 e. The van der Waals surface area contributed by atoms with E-state index in [-0.39, 0.29) is 12.5 Å². The van der Waals surface area contributed by atoms with Crippen molar-refractivity contribution >= 4 is 17.5 Å². The lowest BCUT2D eigenvalue weighted by Crippen LogP contribution is -2.50. The summed E-state index contributed by atoms with van der Waals surface area (Å²) in [5, 5.41) is 15.8. The molecule has 1 atom stereocenters. The Balaban J connectivity index is 1.48. The van der Waals surface area contributed by atoms with Crippen molar-refractivity contribution in [2.24, 2.45) is 0 Å². The summed E-state index contributed by atoms with van der Waals surface area (Å²) in [5.41, 5.74) is 1.92. The van der Waals surface area contributed by atoms with Crippen LogP contribution in [-0.4, -0.2) is 51.8 Å². The van der Waals surface area contributed by atoms with Gasteiger partial charge in [0.15, 0.2) is 17.5 Å². The molecule has 0 saturated heterocycles. The number of tetrazole rings is 1. The summed E-state index contributed by atoms with van der Waals surface area (Å²) in [4.78, 5) is 30.7. The predicted octanol–water partition coefficient (Wildman–Crippen LogP) is 5.69. The van der Waals surface area contributed by atoms with Gasteiger partial charge in [0.1, 0.15) is 12.3 Å². The van der Waals surface area contributed by atoms with E-state index < -0.39 is 17.5 Å². The van der Waals surface area contributed by atoms with Gasteiger partial charge in [0, 0.05) is 16.8 Å². The van der Waals surface area contributed by atoms with Crippen molar-refractivity contribution in [3.05, 3.63) is 72.2 Å². The fraction of sp³-hybridized carbons (Fsp3) is 0.424. The minimum Gasteiger partial charge on any atom is -0.493 e. The monoisotopic (exact) mass is 600 g/mol. The minimum atomic E-state index is -1.06. The van der Waals surface area contributed by atoms with E-state index >= 15 is 0 Å². The summed E-state index contributed by atoms with van der Waals surface area (Å²) in [6, 6.07) is 15.6. The van der Waals surface area contributed by atoms with Crippen molar-refractivity contribution in [1.82, 2.24) is 25.5 Å². The van der Waals surface area contributed by atoms with E-state index in [0.29, 0.717) is 40.3 Å². The molecule has 4 aromatic rings. The summed E-state index contributed by atoms with van der Waals surface area (Å²) in [7, 11) is 3.11. The maximum atomic E-state index is 14.2. The van der Waals surface area contributed by atoms with Crippen LogP contribution in [0.3, 0.4) is 0 Å². The highest BCUT2D eigenvalue weighted by atomic mass is 16.5. The maximum Gasteiger partial charge on any atom is 0.251 e. The number of furan rings is 1. The molecule has 1 aliphatic carbocycles. The van der Waals surface area contributed by atoms with Gasteiger partial charge < -0.3 is 19.2 Å². The molecular formula is C33H40N6O5. The fourth-order valence-electron chi connectivity index (χ4n) is 5.64. The first kappa shape index (κ1) is 30.8. The summed E-state index contributed by atoms with van der Waals surface area (Å²) in [5.74, 6) is 1.48. The standard InChI is InChI=1S/C33H40N6O5/c1-33(2,3)34-32(41)30(27-12-9-19-44-27)39(25-16-13-23(14-17-25)22-10-7-6-8-11-22)29(40)21-38-36-31(35-37-38)24-15-18-26(42-4)28(20-24)43-5/h9,12-20,22,30H,6-8,10-11,21H2,1-5H3,(H,34,41)/t30-/m1/s1. The molecule has 0 aliphatic heterocycles. The largest absolute Gasteiger partial charge is 0.493 e. The molecule has 44 heavy (non-hydrogen) atoms. The van der Waals surface area contributed by atoms with Gasteiger partial charge >= 0.3 is 0 Å². The molecule has 0 radical (unpaired) electrons. The van der Waals surface area contributed by atoms with Gasteiger partial charge in [-0.15, -0.1) is 10.2 Å². The minimum absolute atomic E-state index is 0.259. The summed E-state index contributed by atoms with van der Waals surface area (Å²) in [6.45, 7) is 5.42. The molecule has 1 fully saturated rings. The molecule has 2 aromatic carbocycles. The van der Waals surface area contributed by atoms with E-state index in [9.17, 15) is 9.59 Å². The third-order valence-electron chi connectivity index (χ3n) is 7.71. The second-order valence-corrected chi connectivity index (χ2v) is 12.1. The van der Waals surface area contributed by atoms with Crippen LogP contribution in [0.4, 0.5) is 5.69 Å². The number of anilines is 1. The van der Waals surface area contributed by atoms with Gasteiger partial charge in [-0.2, -0.15) is 4.80 Å². The van der Waals surface area contributed by atoms with Crippen LogP contribution < -0.4 is 19.7 Å². The number of carbonyl (C=O) groups excluding carboxylic acids is 2. The number of amides is 2. The van der Waals surface area contributed by atoms with Crippen molar-refractivity contribution in [2.75, 3.05) is 19.1 Å². The van der Waals surface area contributed by atoms with Crippen molar-refractivity contribution < 1.29 is 23.5 Å². The third kappa shape index (κ3) is 7.10. The highest BCUT2D eigenvalue weighted by Crippen LogP contribution is 2.35. The van der Waals surface area contributed by atoms with E-state index in [1.165, 1.54) is 40.8 Å². The summed E-state index contributed by atoms with van der Waals surface area (Å²) >= 11 is 0. The lowest BCUT2D eigenvalue weighted by Gasteiger charge is -2.32. The molecule has 0 unspecified atom stereocenters. The maximum absolute atomic E-state index is 14.2. The first-order valence-corrected chi connectivity index (χ1v) is 14.9. The summed E-state index contributed by atoms with van der Waals surface area (Å²) in [6.07, 6.45) is 7.53. The zero-order valence-corrected chi connectivity index (χ0v) is 25.9. The van der Waals surface area contributed by atoms with Gasteiger partial charge in [0.05, 0.1) is 20.5 Å². The van der Waals surface area contributed by atoms with Crippen molar-refractivity contribution in [3.8, 4) is 22.9 Å². The molecule has 5 rings (SSSR count). The number of aromatic nitrogens is 4. The molecule has 1 N–H and O–H groups in total. The number of rotatable bonds is 10. The van der Waals surface area contributed by atoms with Gasteiger partial charge in [-0.05, 0) is 92.8 Å². The number of nitrogens with zero attached hydrogens (tertiary/aromatic N) is 5. The summed E-state index contributed by atoms with van der Waals surface area (Å²) < 4.78 is 16.4. The molecule has 232 valence electrons. The zero-order chi connectivity index (χ0) is 31.3. The van der Waals surface area contributed by atoms with Crippen molar-refractivity contribution in [2.45, 2.75) is 76.9 Å². The molecule has 2 amide bonds. The number of hydrogen-bond donors (Lipinski definition) is 1. The average Bonchev–Trinajstić information content (AvgIpc) is 3.72. The van der Waals surface area contributed by atoms with E-state index in [2.05, 4.69) is 32.9 Å². The Morgan fingerprint density at radius 3 is 2.39 bits per heavy atom. The third-order valence-corrected chi connectivity index (χ3v) is 7.71. The number of methoxy groups -OCH3 is 2. The van der Waals surface area contributed by atoms with Gasteiger partial charge in [-0.25, -0.2) is 0 Å². The van der Waals surface area contributed by atoms with E-state index in [1.54, 1.807) is 44.6 Å². The first-order valence-electron chi connectivity index (χ1n) is 14.9. The molecular weight excluding hydrogens is 560 g/mol. The van der Waals surface area contributed by atoms with Gasteiger partial charge in [-0.1, -0.05) is 31.4 Å². The second-order valence-electron chi connectivity index (χ2n) is 12.1. The van der Waals surface area contributed by atoms with Crippen LogP contribution in [0.1, 0.15) is 76.2 Å². The molecule has 2 aromatic heterocycles. The fourth-order valence-corrected chi connectivity index (χ4v) is 5.64. The number of hydrogen-bond acceptors (Lipinski definition) is 8. The van der Waals surface area contributed by atoms with E-state index in [1.807, 2.05) is 32.9 Å². The SMILES string of the molecule is COc1ccc(-c2nnn(CC(=O)N(c3ccc(C4CCCCC4)cc3)[C@@H](C(=O)NC(C)(C)C)c3ccco3)n2)cc1OC. The molecule has 0 bridgehead atoms. The van der Waals surface area contributed by atoms with E-state index in [4.69, 9.17) is 13.9 Å². The Morgan fingerprint density at radius 1 is 1.02 bits per heavy atom. The highest BCUT2D eigenvalue weighted by Gasteiger charge is 2.37. The zero-order valence-electron chi connectivity index (χ0n) is 25.9. The topological polar surface area (TPSA) is 125 Å². The average molecular weight is 601 g/mol. The molecule has 0 spiro atoms. The second kappa shape index (κ2) is 13.3. The van der Waals surface area contributed by atoms with Crippen LogP contribution in [0.25, 0.3) is 11.4 Å². The lowest BCUT2D eigenvalue weighted by atomic mass is 9.84. The Bertz CT molecular complexity index is 1550. The van der Waals surface area contributed by atoms with Crippen molar-refractivity contribution in [1.29, 1.82) is 0 Å². The van der Waals surface area contributed by atoms with E-state index in [0.717, 1.165) is 12.8 Å². The Hall–Kier alpha value is -4.67. The Morgan fingerprint density at radius 2 is 1.75 bits per heavy atom. The van der Waals surface area contributed by atoms with Crippen LogP contribution in [0.15, 0.2) is 65.3 Å². The molecule has 11 heteroatoms. The Labute approximate surface area is 257 Å². The normalized spacial score (nSPS) is 14.6. The van der Waals surface area contributed by atoms with Crippen LogP contribution >= 0.6 is 0 Å². The van der Waals surface area contributed by atoms with Gasteiger partial charge in [-0.3, -0.25) is 14.5 Å². The molecule has 2 heterocycles. The lowest BCUT2D eigenvalue weighted by molar-refractivity contribution is -0.128. The molecule has 11 nitrogen and oxygen atoms in total. The molecule has 1 saturated carbocycles. The predicted molar refractivity (Wildman–Crippen MR) is 165 cm³/mol. The first-order chi connectivity index (χ1) is 21.2. The highest BCUT2D eigenvalue weighted by molar-refractivity contribution is 6.01. The van der Waals surface area contributed by atoms with Crippen LogP contribution in [-0.2, 0) is 16.1 Å². The molecule has 1 aliphatic rings. The van der Waals surface area contributed by atoms with Gasteiger partial charge in [0.25, 0.3) is 11.8 Å². The quantitative estimate of drug-likeness (QED) is 0.246. The number of nitrogens with one attached hydrogen (secondary N) is 1. The number of ether oxygens (including phenoxy) is 2. The van der Waals surface area contributed by atoms with Crippen LogP contribution in [0.2, 0.25) is 0 Å².